The molecule has 2 rings (SSSR count). The van der Waals surface area contributed by atoms with E-state index in [4.69, 9.17) is 0 Å². The lowest BCUT2D eigenvalue weighted by atomic mass is 10.2. The van der Waals surface area contributed by atoms with Crippen LogP contribution in [0.3, 0.4) is 0 Å². The molecule has 1 aliphatic carbocycles. The number of anilines is 1. The highest BCUT2D eigenvalue weighted by molar-refractivity contribution is 9.10. The number of rotatable bonds is 6. The van der Waals surface area contributed by atoms with Crippen LogP contribution in [0.5, 0.6) is 0 Å². The molecule has 1 aromatic rings. The minimum Gasteiger partial charge on any atom is -0.383 e. The van der Waals surface area contributed by atoms with Gasteiger partial charge in [0.2, 0.25) is 0 Å². The van der Waals surface area contributed by atoms with E-state index >= 15 is 0 Å². The van der Waals surface area contributed by atoms with Crippen molar-refractivity contribution >= 4 is 27.3 Å². The molecule has 104 valence electrons. The fourth-order valence-corrected chi connectivity index (χ4v) is 2.51. The maximum Gasteiger partial charge on any atom is 0.270 e. The number of nitro benzene ring substituents is 1. The number of benzene rings is 1. The molecule has 1 N–H and O–H groups in total. The van der Waals surface area contributed by atoms with Crippen LogP contribution in [0.4, 0.5) is 11.4 Å². The fraction of sp³-hybridized carbons (Fsp3) is 0.538. The predicted octanol–water partition coefficient (Wildman–Crippen LogP) is 3.25. The standard InChI is InChI=1S/C13H18BrN3O2/c1-9(16(2)10-3-4-10)8-15-13-6-5-11(17(18)19)7-12(13)14/h5-7,9-10,15H,3-4,8H2,1-2H3. The van der Waals surface area contributed by atoms with E-state index in [9.17, 15) is 10.1 Å². The molecule has 6 heteroatoms. The molecule has 0 aliphatic heterocycles. The van der Waals surface area contributed by atoms with Gasteiger partial charge >= 0.3 is 0 Å². The average Bonchev–Trinajstić information content (AvgIpc) is 3.20. The molecule has 0 aromatic heterocycles. The zero-order valence-corrected chi connectivity index (χ0v) is 12.7. The van der Waals surface area contributed by atoms with Crippen molar-refractivity contribution in [3.63, 3.8) is 0 Å². The summed E-state index contributed by atoms with van der Waals surface area (Å²) in [7, 11) is 2.15. The van der Waals surface area contributed by atoms with Crippen LogP contribution in [-0.2, 0) is 0 Å². The van der Waals surface area contributed by atoms with Crippen molar-refractivity contribution in [2.24, 2.45) is 0 Å². The van der Waals surface area contributed by atoms with E-state index in [-0.39, 0.29) is 5.69 Å². The van der Waals surface area contributed by atoms with E-state index in [0.29, 0.717) is 6.04 Å². The maximum atomic E-state index is 10.7. The summed E-state index contributed by atoms with van der Waals surface area (Å²) in [5.74, 6) is 0. The molecular formula is C13H18BrN3O2. The smallest absolute Gasteiger partial charge is 0.270 e. The van der Waals surface area contributed by atoms with Crippen molar-refractivity contribution in [3.05, 3.63) is 32.8 Å². The Morgan fingerprint density at radius 3 is 2.79 bits per heavy atom. The third-order valence-corrected chi connectivity index (χ3v) is 4.23. The molecule has 0 bridgehead atoms. The topological polar surface area (TPSA) is 58.4 Å². The molecule has 0 amide bonds. The molecule has 0 spiro atoms. The van der Waals surface area contributed by atoms with Crippen molar-refractivity contribution in [1.82, 2.24) is 4.90 Å². The lowest BCUT2D eigenvalue weighted by Gasteiger charge is -2.25. The molecule has 0 heterocycles. The Morgan fingerprint density at radius 2 is 2.26 bits per heavy atom. The fourth-order valence-electron chi connectivity index (χ4n) is 2.00. The van der Waals surface area contributed by atoms with Crippen LogP contribution >= 0.6 is 15.9 Å². The Hall–Kier alpha value is -1.14. The van der Waals surface area contributed by atoms with Gasteiger partial charge in [-0.1, -0.05) is 0 Å². The number of hydrogen-bond acceptors (Lipinski definition) is 4. The van der Waals surface area contributed by atoms with Gasteiger partial charge < -0.3 is 5.32 Å². The predicted molar refractivity (Wildman–Crippen MR) is 79.5 cm³/mol. The second-order valence-electron chi connectivity index (χ2n) is 5.05. The summed E-state index contributed by atoms with van der Waals surface area (Å²) < 4.78 is 0.725. The summed E-state index contributed by atoms with van der Waals surface area (Å²) in [4.78, 5) is 12.6. The second kappa shape index (κ2) is 5.88. The van der Waals surface area contributed by atoms with E-state index in [0.717, 1.165) is 22.7 Å². The molecular weight excluding hydrogens is 310 g/mol. The van der Waals surface area contributed by atoms with Crippen LogP contribution < -0.4 is 5.32 Å². The summed E-state index contributed by atoms with van der Waals surface area (Å²) in [6.07, 6.45) is 2.59. The van der Waals surface area contributed by atoms with Gasteiger partial charge in [-0.2, -0.15) is 0 Å². The Kier molecular flexibility index (Phi) is 4.42. The molecule has 1 aromatic carbocycles. The molecule has 1 saturated carbocycles. The average molecular weight is 328 g/mol. The lowest BCUT2D eigenvalue weighted by Crippen LogP contribution is -2.36. The number of nitrogens with zero attached hydrogens (tertiary/aromatic N) is 2. The van der Waals surface area contributed by atoms with Crippen LogP contribution in [-0.4, -0.2) is 35.5 Å². The molecule has 0 saturated heterocycles. The van der Waals surface area contributed by atoms with Gasteiger partial charge in [-0.3, -0.25) is 15.0 Å². The quantitative estimate of drug-likeness (QED) is 0.643. The van der Waals surface area contributed by atoms with Crippen molar-refractivity contribution in [2.75, 3.05) is 18.9 Å². The third-order valence-electron chi connectivity index (χ3n) is 3.57. The summed E-state index contributed by atoms with van der Waals surface area (Å²) in [6.45, 7) is 3.01. The summed E-state index contributed by atoms with van der Waals surface area (Å²) >= 11 is 3.36. The highest BCUT2D eigenvalue weighted by Gasteiger charge is 2.28. The molecule has 19 heavy (non-hydrogen) atoms. The van der Waals surface area contributed by atoms with Crippen LogP contribution in [0.2, 0.25) is 0 Å². The van der Waals surface area contributed by atoms with Gasteiger partial charge in [-0.05, 0) is 48.8 Å². The first-order valence-corrected chi connectivity index (χ1v) is 7.18. The monoisotopic (exact) mass is 327 g/mol. The Labute approximate surface area is 121 Å². The first-order chi connectivity index (χ1) is 8.99. The first-order valence-electron chi connectivity index (χ1n) is 6.39. The Balaban J connectivity index is 1.93. The Morgan fingerprint density at radius 1 is 1.58 bits per heavy atom. The normalized spacial score (nSPS) is 16.4. The molecule has 1 aliphatic rings. The molecule has 1 unspecified atom stereocenters. The van der Waals surface area contributed by atoms with Crippen molar-refractivity contribution in [1.29, 1.82) is 0 Å². The number of halogens is 1. The van der Waals surface area contributed by atoms with Gasteiger partial charge in [0.25, 0.3) is 5.69 Å². The zero-order valence-electron chi connectivity index (χ0n) is 11.1. The lowest BCUT2D eigenvalue weighted by molar-refractivity contribution is -0.384. The van der Waals surface area contributed by atoms with Gasteiger partial charge in [-0.15, -0.1) is 0 Å². The van der Waals surface area contributed by atoms with Gasteiger partial charge in [0, 0.05) is 40.9 Å². The molecule has 5 nitrogen and oxygen atoms in total. The van der Waals surface area contributed by atoms with Gasteiger partial charge in [-0.25, -0.2) is 0 Å². The van der Waals surface area contributed by atoms with Crippen molar-refractivity contribution in [3.8, 4) is 0 Å². The highest BCUT2D eigenvalue weighted by Crippen LogP contribution is 2.29. The molecule has 1 fully saturated rings. The van der Waals surface area contributed by atoms with Crippen LogP contribution in [0.25, 0.3) is 0 Å². The zero-order chi connectivity index (χ0) is 14.0. The van der Waals surface area contributed by atoms with Crippen molar-refractivity contribution < 1.29 is 4.92 Å². The van der Waals surface area contributed by atoms with E-state index < -0.39 is 4.92 Å². The van der Waals surface area contributed by atoms with Gasteiger partial charge in [0.1, 0.15) is 0 Å². The summed E-state index contributed by atoms with van der Waals surface area (Å²) in [5, 5.41) is 14.0. The van der Waals surface area contributed by atoms with E-state index in [1.54, 1.807) is 6.07 Å². The number of likely N-dealkylation sites (N-methyl/N-ethyl adjacent to an activating group) is 1. The van der Waals surface area contributed by atoms with E-state index in [1.807, 2.05) is 0 Å². The Bertz CT molecular complexity index is 477. The van der Waals surface area contributed by atoms with Crippen LogP contribution in [0.1, 0.15) is 19.8 Å². The van der Waals surface area contributed by atoms with Crippen LogP contribution in [0.15, 0.2) is 22.7 Å². The molecule has 0 radical (unpaired) electrons. The minimum absolute atomic E-state index is 0.0978. The summed E-state index contributed by atoms with van der Waals surface area (Å²) in [6, 6.07) is 5.96. The number of non-ortho nitro benzene ring substituents is 1. The van der Waals surface area contributed by atoms with Crippen LogP contribution in [0, 0.1) is 10.1 Å². The minimum atomic E-state index is -0.391. The van der Waals surface area contributed by atoms with Crippen molar-refractivity contribution in [2.45, 2.75) is 31.8 Å². The number of nitrogens with one attached hydrogen (secondary N) is 1. The number of nitro groups is 1. The SMILES string of the molecule is CC(CNc1ccc([N+](=O)[O-])cc1Br)N(C)C1CC1. The third kappa shape index (κ3) is 3.67. The van der Waals surface area contributed by atoms with E-state index in [2.05, 4.69) is 40.1 Å². The highest BCUT2D eigenvalue weighted by atomic mass is 79.9. The van der Waals surface area contributed by atoms with Gasteiger partial charge in [0.05, 0.1) is 4.92 Å². The van der Waals surface area contributed by atoms with E-state index in [1.165, 1.54) is 25.0 Å². The maximum absolute atomic E-state index is 10.7. The summed E-state index contributed by atoms with van der Waals surface area (Å²) in [5.41, 5.74) is 0.988. The molecule has 1 atom stereocenters. The van der Waals surface area contributed by atoms with Gasteiger partial charge in [0.15, 0.2) is 0 Å². The first kappa shape index (κ1) is 14.3. The second-order valence-corrected chi connectivity index (χ2v) is 5.90. The largest absolute Gasteiger partial charge is 0.383 e. The number of hydrogen-bond donors (Lipinski definition) is 1.